The summed E-state index contributed by atoms with van der Waals surface area (Å²) in [4.78, 5) is 17.1. The first-order chi connectivity index (χ1) is 19.4. The molecule has 1 aliphatic heterocycles. The van der Waals surface area contributed by atoms with E-state index in [4.69, 9.17) is 4.74 Å². The first kappa shape index (κ1) is 27.3. The van der Waals surface area contributed by atoms with Crippen molar-refractivity contribution in [3.63, 3.8) is 0 Å². The van der Waals surface area contributed by atoms with E-state index in [1.807, 2.05) is 60.4 Å². The molecule has 1 saturated heterocycles. The predicted octanol–water partition coefficient (Wildman–Crippen LogP) is 5.12. The van der Waals surface area contributed by atoms with Gasteiger partial charge in [-0.3, -0.25) is 9.10 Å². The van der Waals surface area contributed by atoms with Crippen LogP contribution < -0.4 is 13.9 Å². The fourth-order valence-corrected chi connectivity index (χ4v) is 6.15. The van der Waals surface area contributed by atoms with E-state index in [1.165, 1.54) is 4.31 Å². The molecule has 4 aromatic rings. The van der Waals surface area contributed by atoms with Gasteiger partial charge in [-0.2, -0.15) is 0 Å². The molecule has 0 aromatic heterocycles. The number of ether oxygens (including phenoxy) is 1. The highest BCUT2D eigenvalue weighted by atomic mass is 32.2. The van der Waals surface area contributed by atoms with Crippen molar-refractivity contribution in [1.82, 2.24) is 4.90 Å². The van der Waals surface area contributed by atoms with E-state index in [0.717, 1.165) is 29.9 Å². The summed E-state index contributed by atoms with van der Waals surface area (Å²) in [5.41, 5.74) is 3.54. The molecule has 1 amide bonds. The van der Waals surface area contributed by atoms with Gasteiger partial charge in [-0.25, -0.2) is 8.42 Å². The SMILES string of the molecule is Cc1ccc(S(=O)(=O)N(Cc2ccccc2)c2ccc(OCC(=O)N3CCN(c4ccccc4)CC3)cc2)cc1. The number of amides is 1. The summed E-state index contributed by atoms with van der Waals surface area (Å²) in [5.74, 6) is 0.442. The second-order valence-corrected chi connectivity index (χ2v) is 11.7. The monoisotopic (exact) mass is 555 g/mol. The number of hydrogen-bond donors (Lipinski definition) is 0. The van der Waals surface area contributed by atoms with Crippen LogP contribution in [0.2, 0.25) is 0 Å². The molecule has 0 aliphatic carbocycles. The summed E-state index contributed by atoms with van der Waals surface area (Å²) < 4.78 is 34.5. The third-order valence-corrected chi connectivity index (χ3v) is 8.81. The number of hydrogen-bond acceptors (Lipinski definition) is 5. The van der Waals surface area contributed by atoms with Crippen LogP contribution in [0.3, 0.4) is 0 Å². The standard InChI is InChI=1S/C32H33N3O4S/c1-26-12-18-31(19-13-26)40(37,38)35(24-27-8-4-2-5-9-27)29-14-16-30(17-15-29)39-25-32(36)34-22-20-33(21-23-34)28-10-6-3-7-11-28/h2-19H,20-25H2,1H3. The lowest BCUT2D eigenvalue weighted by molar-refractivity contribution is -0.133. The van der Waals surface area contributed by atoms with Gasteiger partial charge in [0.25, 0.3) is 15.9 Å². The van der Waals surface area contributed by atoms with Crippen LogP contribution in [0.25, 0.3) is 0 Å². The van der Waals surface area contributed by atoms with E-state index in [-0.39, 0.29) is 24.0 Å². The number of nitrogens with zero attached hydrogens (tertiary/aromatic N) is 3. The molecule has 1 heterocycles. The molecule has 0 spiro atoms. The zero-order valence-electron chi connectivity index (χ0n) is 22.5. The Labute approximate surface area is 236 Å². The summed E-state index contributed by atoms with van der Waals surface area (Å²) >= 11 is 0. The minimum Gasteiger partial charge on any atom is -0.484 e. The average molecular weight is 556 g/mol. The van der Waals surface area contributed by atoms with Gasteiger partial charge < -0.3 is 14.5 Å². The number of aryl methyl sites for hydroxylation is 1. The zero-order chi connectivity index (χ0) is 28.0. The Kier molecular flexibility index (Phi) is 8.36. The average Bonchev–Trinajstić information content (AvgIpc) is 3.00. The molecule has 40 heavy (non-hydrogen) atoms. The van der Waals surface area contributed by atoms with Gasteiger partial charge in [-0.15, -0.1) is 0 Å². The molecule has 1 aliphatic rings. The molecule has 0 atom stereocenters. The molecular weight excluding hydrogens is 522 g/mol. The minimum atomic E-state index is -3.82. The van der Waals surface area contributed by atoms with Gasteiger partial charge >= 0.3 is 0 Å². The van der Waals surface area contributed by atoms with Crippen LogP contribution in [-0.4, -0.2) is 52.0 Å². The van der Waals surface area contributed by atoms with E-state index in [0.29, 0.717) is 24.5 Å². The predicted molar refractivity (Wildman–Crippen MR) is 158 cm³/mol. The molecule has 7 nitrogen and oxygen atoms in total. The van der Waals surface area contributed by atoms with Crippen molar-refractivity contribution in [2.24, 2.45) is 0 Å². The van der Waals surface area contributed by atoms with Crippen molar-refractivity contribution in [2.75, 3.05) is 42.0 Å². The molecule has 8 heteroatoms. The molecule has 0 radical (unpaired) electrons. The van der Waals surface area contributed by atoms with Gasteiger partial charge in [-0.1, -0.05) is 66.2 Å². The minimum absolute atomic E-state index is 0.0653. The molecule has 0 N–H and O–H groups in total. The molecule has 206 valence electrons. The first-order valence-corrected chi connectivity index (χ1v) is 14.8. The highest BCUT2D eigenvalue weighted by Crippen LogP contribution is 2.28. The number of rotatable bonds is 9. The first-order valence-electron chi connectivity index (χ1n) is 13.3. The molecule has 1 fully saturated rings. The highest BCUT2D eigenvalue weighted by Gasteiger charge is 2.26. The van der Waals surface area contributed by atoms with Gasteiger partial charge in [0.2, 0.25) is 0 Å². The zero-order valence-corrected chi connectivity index (χ0v) is 23.3. The Bertz CT molecular complexity index is 1500. The Morgan fingerprint density at radius 3 is 2.00 bits per heavy atom. The van der Waals surface area contributed by atoms with Gasteiger partial charge in [0.05, 0.1) is 17.1 Å². The second kappa shape index (κ2) is 12.3. The number of benzene rings is 4. The molecule has 0 bridgehead atoms. The number of anilines is 2. The van der Waals surface area contributed by atoms with Crippen molar-refractivity contribution in [2.45, 2.75) is 18.4 Å². The van der Waals surface area contributed by atoms with Crippen molar-refractivity contribution in [1.29, 1.82) is 0 Å². The van der Waals surface area contributed by atoms with Gasteiger partial charge in [-0.05, 0) is 61.0 Å². The van der Waals surface area contributed by atoms with Crippen LogP contribution in [0.1, 0.15) is 11.1 Å². The van der Waals surface area contributed by atoms with Crippen LogP contribution in [-0.2, 0) is 21.4 Å². The van der Waals surface area contributed by atoms with E-state index >= 15 is 0 Å². The van der Waals surface area contributed by atoms with Crippen LogP contribution in [0.5, 0.6) is 5.75 Å². The molecular formula is C32H33N3O4S. The van der Waals surface area contributed by atoms with Gasteiger partial charge in [0, 0.05) is 31.9 Å². The van der Waals surface area contributed by atoms with Crippen LogP contribution in [0.4, 0.5) is 11.4 Å². The Hall–Kier alpha value is -4.30. The van der Waals surface area contributed by atoms with E-state index in [2.05, 4.69) is 17.0 Å². The summed E-state index contributed by atoms with van der Waals surface area (Å²) in [6.07, 6.45) is 0. The Morgan fingerprint density at radius 1 is 0.775 bits per heavy atom. The van der Waals surface area contributed by atoms with Crippen LogP contribution in [0, 0.1) is 6.92 Å². The van der Waals surface area contributed by atoms with Crippen molar-refractivity contribution in [3.05, 3.63) is 120 Å². The number of sulfonamides is 1. The summed E-state index contributed by atoms with van der Waals surface area (Å²) in [6, 6.07) is 33.4. The lowest BCUT2D eigenvalue weighted by Crippen LogP contribution is -2.50. The van der Waals surface area contributed by atoms with E-state index in [1.54, 1.807) is 48.5 Å². The maximum absolute atomic E-state index is 13.7. The molecule has 4 aromatic carbocycles. The third kappa shape index (κ3) is 6.46. The van der Waals surface area contributed by atoms with Crippen molar-refractivity contribution < 1.29 is 17.9 Å². The number of carbonyl (C=O) groups is 1. The smallest absolute Gasteiger partial charge is 0.264 e. The normalized spacial score (nSPS) is 13.6. The lowest BCUT2D eigenvalue weighted by atomic mass is 10.2. The number of piperazine rings is 1. The summed E-state index contributed by atoms with van der Waals surface area (Å²) in [6.45, 7) is 4.87. The molecule has 0 saturated carbocycles. The van der Waals surface area contributed by atoms with Crippen LogP contribution in [0.15, 0.2) is 114 Å². The van der Waals surface area contributed by atoms with Crippen LogP contribution >= 0.6 is 0 Å². The maximum Gasteiger partial charge on any atom is 0.264 e. The second-order valence-electron chi connectivity index (χ2n) is 9.80. The summed E-state index contributed by atoms with van der Waals surface area (Å²) in [5, 5.41) is 0. The quantitative estimate of drug-likeness (QED) is 0.287. The maximum atomic E-state index is 13.7. The number of carbonyl (C=O) groups excluding carboxylic acids is 1. The van der Waals surface area contributed by atoms with Gasteiger partial charge in [0.1, 0.15) is 5.75 Å². The largest absolute Gasteiger partial charge is 0.484 e. The fourth-order valence-electron chi connectivity index (χ4n) is 4.70. The lowest BCUT2D eigenvalue weighted by Gasteiger charge is -2.36. The van der Waals surface area contributed by atoms with Crippen molar-refractivity contribution >= 4 is 27.3 Å². The fraction of sp³-hybridized carbons (Fsp3) is 0.219. The topological polar surface area (TPSA) is 70.2 Å². The van der Waals surface area contributed by atoms with E-state index in [9.17, 15) is 13.2 Å². The highest BCUT2D eigenvalue weighted by molar-refractivity contribution is 7.92. The van der Waals surface area contributed by atoms with Crippen molar-refractivity contribution in [3.8, 4) is 5.75 Å². The molecule has 5 rings (SSSR count). The van der Waals surface area contributed by atoms with E-state index < -0.39 is 10.0 Å². The molecule has 0 unspecified atom stereocenters. The third-order valence-electron chi connectivity index (χ3n) is 7.02. The van der Waals surface area contributed by atoms with Gasteiger partial charge in [0.15, 0.2) is 6.61 Å². The summed E-state index contributed by atoms with van der Waals surface area (Å²) in [7, 11) is -3.82. The number of para-hydroxylation sites is 1. The Morgan fingerprint density at radius 2 is 1.38 bits per heavy atom. The Balaban J connectivity index is 1.24.